The Hall–Kier alpha value is -3.45. The zero-order valence-electron chi connectivity index (χ0n) is 20.2. The first-order chi connectivity index (χ1) is 16.8. The molecular formula is C28H29FN4OS. The third-order valence-electron chi connectivity index (χ3n) is 5.62. The molecule has 1 heterocycles. The summed E-state index contributed by atoms with van der Waals surface area (Å²) < 4.78 is 15.5. The molecule has 1 amide bonds. The summed E-state index contributed by atoms with van der Waals surface area (Å²) >= 11 is 1.37. The summed E-state index contributed by atoms with van der Waals surface area (Å²) in [5.74, 6) is 0.606. The first-order valence-electron chi connectivity index (χ1n) is 11.5. The summed E-state index contributed by atoms with van der Waals surface area (Å²) in [6.07, 6.45) is 0. The fourth-order valence-corrected chi connectivity index (χ4v) is 4.60. The lowest BCUT2D eigenvalue weighted by atomic mass is 10.0. The number of rotatable bonds is 8. The maximum Gasteiger partial charge on any atom is 0.233 e. The van der Waals surface area contributed by atoms with Gasteiger partial charge in [0.25, 0.3) is 0 Å². The van der Waals surface area contributed by atoms with Crippen LogP contribution in [0.5, 0.6) is 0 Å². The molecule has 0 aliphatic carbocycles. The molecule has 0 saturated carbocycles. The highest BCUT2D eigenvalue weighted by Gasteiger charge is 2.27. The van der Waals surface area contributed by atoms with Crippen molar-refractivity contribution < 1.29 is 9.18 Å². The average molecular weight is 489 g/mol. The van der Waals surface area contributed by atoms with Crippen LogP contribution in [0.3, 0.4) is 0 Å². The molecule has 0 N–H and O–H groups in total. The van der Waals surface area contributed by atoms with Crippen molar-refractivity contribution in [3.8, 4) is 11.4 Å². The van der Waals surface area contributed by atoms with E-state index in [0.29, 0.717) is 24.1 Å². The number of aromatic nitrogens is 3. The van der Waals surface area contributed by atoms with Crippen molar-refractivity contribution in [3.63, 3.8) is 0 Å². The van der Waals surface area contributed by atoms with Crippen molar-refractivity contribution in [2.45, 2.75) is 44.6 Å². The molecule has 35 heavy (non-hydrogen) atoms. The SMILES string of the molecule is CC(C)(C)N(Cc1ccccc1)C(=O)CSc1nnc(-c2ccc(F)cc2)n1Cc1ccccc1. The Morgan fingerprint density at radius 3 is 2.09 bits per heavy atom. The first kappa shape index (κ1) is 24.7. The minimum Gasteiger partial charge on any atom is -0.333 e. The van der Waals surface area contributed by atoms with Crippen molar-refractivity contribution >= 4 is 17.7 Å². The van der Waals surface area contributed by atoms with E-state index >= 15 is 0 Å². The number of hydrogen-bond acceptors (Lipinski definition) is 4. The number of hydrogen-bond donors (Lipinski definition) is 0. The van der Waals surface area contributed by atoms with Gasteiger partial charge in [0.2, 0.25) is 5.91 Å². The van der Waals surface area contributed by atoms with Crippen LogP contribution in [0.25, 0.3) is 11.4 Å². The van der Waals surface area contributed by atoms with E-state index in [1.165, 1.54) is 23.9 Å². The molecule has 4 aromatic rings. The summed E-state index contributed by atoms with van der Waals surface area (Å²) in [5, 5.41) is 9.44. The molecule has 0 unspecified atom stereocenters. The standard InChI is InChI=1S/C28H29FN4OS/c1-28(2,3)33(19-22-12-8-5-9-13-22)25(34)20-35-27-31-30-26(23-14-16-24(29)17-15-23)32(27)18-21-10-6-4-7-11-21/h4-17H,18-20H2,1-3H3. The summed E-state index contributed by atoms with van der Waals surface area (Å²) in [7, 11) is 0. The van der Waals surface area contributed by atoms with E-state index in [1.807, 2.05) is 90.9 Å². The van der Waals surface area contributed by atoms with Crippen molar-refractivity contribution in [2.75, 3.05) is 5.75 Å². The first-order valence-corrected chi connectivity index (χ1v) is 12.5. The van der Waals surface area contributed by atoms with E-state index in [0.717, 1.165) is 16.7 Å². The molecule has 0 spiro atoms. The van der Waals surface area contributed by atoms with Crippen molar-refractivity contribution in [3.05, 3.63) is 102 Å². The quantitative estimate of drug-likeness (QED) is 0.283. The van der Waals surface area contributed by atoms with Crippen LogP contribution in [0.4, 0.5) is 4.39 Å². The van der Waals surface area contributed by atoms with Gasteiger partial charge in [-0.2, -0.15) is 0 Å². The lowest BCUT2D eigenvalue weighted by Gasteiger charge is -2.36. The Morgan fingerprint density at radius 2 is 1.49 bits per heavy atom. The Balaban J connectivity index is 1.58. The maximum absolute atomic E-state index is 13.5. The molecule has 0 radical (unpaired) electrons. The Bertz CT molecular complexity index is 1250. The van der Waals surface area contributed by atoms with Gasteiger partial charge >= 0.3 is 0 Å². The van der Waals surface area contributed by atoms with Crippen LogP contribution in [-0.4, -0.2) is 36.9 Å². The molecule has 7 heteroatoms. The van der Waals surface area contributed by atoms with Crippen molar-refractivity contribution in [1.29, 1.82) is 0 Å². The van der Waals surface area contributed by atoms with E-state index in [4.69, 9.17) is 0 Å². The molecule has 0 saturated heterocycles. The predicted octanol–water partition coefficient (Wildman–Crippen LogP) is 6.05. The molecule has 180 valence electrons. The normalized spacial score (nSPS) is 11.4. The van der Waals surface area contributed by atoms with Gasteiger partial charge in [0.05, 0.1) is 12.3 Å². The van der Waals surface area contributed by atoms with Gasteiger partial charge in [-0.15, -0.1) is 10.2 Å². The van der Waals surface area contributed by atoms with E-state index in [1.54, 1.807) is 12.1 Å². The predicted molar refractivity (Wildman–Crippen MR) is 138 cm³/mol. The van der Waals surface area contributed by atoms with Crippen LogP contribution in [0.15, 0.2) is 90.1 Å². The van der Waals surface area contributed by atoms with E-state index < -0.39 is 0 Å². The summed E-state index contributed by atoms with van der Waals surface area (Å²) in [6.45, 7) is 7.22. The molecule has 5 nitrogen and oxygen atoms in total. The molecule has 3 aromatic carbocycles. The second-order valence-electron chi connectivity index (χ2n) is 9.31. The van der Waals surface area contributed by atoms with Crippen LogP contribution in [-0.2, 0) is 17.9 Å². The lowest BCUT2D eigenvalue weighted by Crippen LogP contribution is -2.45. The number of carbonyl (C=O) groups is 1. The van der Waals surface area contributed by atoms with Crippen LogP contribution in [0.1, 0.15) is 31.9 Å². The number of carbonyl (C=O) groups excluding carboxylic acids is 1. The van der Waals surface area contributed by atoms with E-state index in [9.17, 15) is 9.18 Å². The molecule has 0 aliphatic rings. The van der Waals surface area contributed by atoms with Crippen molar-refractivity contribution in [2.24, 2.45) is 0 Å². The second-order valence-corrected chi connectivity index (χ2v) is 10.3. The molecular weight excluding hydrogens is 459 g/mol. The zero-order chi connectivity index (χ0) is 24.8. The van der Waals surface area contributed by atoms with Gasteiger partial charge in [0, 0.05) is 17.6 Å². The third-order valence-corrected chi connectivity index (χ3v) is 6.57. The van der Waals surface area contributed by atoms with Gasteiger partial charge in [-0.25, -0.2) is 4.39 Å². The van der Waals surface area contributed by atoms with Crippen LogP contribution < -0.4 is 0 Å². The number of nitrogens with zero attached hydrogens (tertiary/aromatic N) is 4. The van der Waals surface area contributed by atoms with Gasteiger partial charge in [-0.3, -0.25) is 9.36 Å². The topological polar surface area (TPSA) is 51.0 Å². The van der Waals surface area contributed by atoms with Crippen LogP contribution in [0.2, 0.25) is 0 Å². The Kier molecular flexibility index (Phi) is 7.66. The zero-order valence-corrected chi connectivity index (χ0v) is 21.0. The molecule has 0 fully saturated rings. The van der Waals surface area contributed by atoms with Gasteiger partial charge in [0.1, 0.15) is 5.82 Å². The highest BCUT2D eigenvalue weighted by atomic mass is 32.2. The molecule has 1 aromatic heterocycles. The van der Waals surface area contributed by atoms with Crippen LogP contribution in [0, 0.1) is 5.82 Å². The van der Waals surface area contributed by atoms with E-state index in [-0.39, 0.29) is 23.0 Å². The van der Waals surface area contributed by atoms with E-state index in [2.05, 4.69) is 10.2 Å². The smallest absolute Gasteiger partial charge is 0.233 e. The van der Waals surface area contributed by atoms with Gasteiger partial charge in [-0.05, 0) is 56.2 Å². The largest absolute Gasteiger partial charge is 0.333 e. The van der Waals surface area contributed by atoms with Gasteiger partial charge in [-0.1, -0.05) is 72.4 Å². The maximum atomic E-state index is 13.5. The monoisotopic (exact) mass is 488 g/mol. The number of thioether (sulfide) groups is 1. The molecule has 0 aliphatic heterocycles. The molecule has 4 rings (SSSR count). The molecule has 0 atom stereocenters. The third kappa shape index (κ3) is 6.36. The number of halogens is 1. The van der Waals surface area contributed by atoms with Crippen molar-refractivity contribution in [1.82, 2.24) is 19.7 Å². The molecule has 0 bridgehead atoms. The highest BCUT2D eigenvalue weighted by molar-refractivity contribution is 7.99. The number of amides is 1. The average Bonchev–Trinajstić information content (AvgIpc) is 3.24. The Morgan fingerprint density at radius 1 is 0.886 bits per heavy atom. The summed E-state index contributed by atoms with van der Waals surface area (Å²) in [6, 6.07) is 26.2. The summed E-state index contributed by atoms with van der Waals surface area (Å²) in [5.41, 5.74) is 2.62. The van der Waals surface area contributed by atoms with Gasteiger partial charge < -0.3 is 4.90 Å². The fraction of sp³-hybridized carbons (Fsp3) is 0.250. The lowest BCUT2D eigenvalue weighted by molar-refractivity contribution is -0.133. The Labute approximate surface area is 210 Å². The van der Waals surface area contributed by atoms with Crippen LogP contribution >= 0.6 is 11.8 Å². The minimum absolute atomic E-state index is 0.0314. The highest BCUT2D eigenvalue weighted by Crippen LogP contribution is 2.27. The summed E-state index contributed by atoms with van der Waals surface area (Å²) in [4.78, 5) is 15.3. The minimum atomic E-state index is -0.329. The van der Waals surface area contributed by atoms with Gasteiger partial charge in [0.15, 0.2) is 11.0 Å². The number of benzene rings is 3. The second kappa shape index (κ2) is 10.9. The fourth-order valence-electron chi connectivity index (χ4n) is 3.79.